The van der Waals surface area contributed by atoms with Gasteiger partial charge in [0.1, 0.15) is 6.10 Å². The van der Waals surface area contributed by atoms with Gasteiger partial charge < -0.3 is 20.1 Å². The van der Waals surface area contributed by atoms with Gasteiger partial charge >= 0.3 is 0 Å². The van der Waals surface area contributed by atoms with Crippen molar-refractivity contribution in [2.75, 3.05) is 39.5 Å². The number of carbonyl (C=O) groups excluding carboxylic acids is 1. The Bertz CT molecular complexity index is 567. The Balaban J connectivity index is 0.00000208. The molecule has 5 nitrogen and oxygen atoms in total. The lowest BCUT2D eigenvalue weighted by atomic mass is 9.78. The molecule has 1 amide bonds. The van der Waals surface area contributed by atoms with E-state index in [0.29, 0.717) is 52.3 Å². The molecule has 0 bridgehead atoms. The number of morpholine rings is 1. The number of nitrogens with zero attached hydrogens (tertiary/aromatic N) is 1. The molecule has 24 heavy (non-hydrogen) atoms. The van der Waals surface area contributed by atoms with Crippen LogP contribution >= 0.6 is 28.3 Å². The minimum atomic E-state index is -0.461. The average molecular weight is 420 g/mol. The number of ether oxygens (including phenoxy) is 2. The van der Waals surface area contributed by atoms with Crippen molar-refractivity contribution in [3.63, 3.8) is 0 Å². The van der Waals surface area contributed by atoms with Crippen LogP contribution in [0.15, 0.2) is 28.7 Å². The molecule has 2 aliphatic rings. The van der Waals surface area contributed by atoms with Gasteiger partial charge in [-0.25, -0.2) is 0 Å². The summed E-state index contributed by atoms with van der Waals surface area (Å²) in [7, 11) is 0. The molecule has 2 fully saturated rings. The van der Waals surface area contributed by atoms with Gasteiger partial charge in [0.25, 0.3) is 0 Å². The van der Waals surface area contributed by atoms with Crippen LogP contribution in [0.1, 0.15) is 24.5 Å². The Labute approximate surface area is 157 Å². The highest BCUT2D eigenvalue weighted by Gasteiger charge is 2.42. The summed E-state index contributed by atoms with van der Waals surface area (Å²) in [5.41, 5.74) is 6.60. The smallest absolute Gasteiger partial charge is 0.230 e. The topological polar surface area (TPSA) is 64.8 Å². The van der Waals surface area contributed by atoms with Crippen LogP contribution in [0.5, 0.6) is 0 Å². The van der Waals surface area contributed by atoms with Crippen LogP contribution in [0.2, 0.25) is 0 Å². The second kappa shape index (κ2) is 8.63. The number of hydrogen-bond donors (Lipinski definition) is 1. The summed E-state index contributed by atoms with van der Waals surface area (Å²) in [6.07, 6.45) is 1.34. The van der Waals surface area contributed by atoms with E-state index in [1.165, 1.54) is 0 Å². The summed E-state index contributed by atoms with van der Waals surface area (Å²) in [6.45, 7) is 3.38. The molecule has 1 aromatic rings. The molecular weight excluding hydrogens is 396 g/mol. The van der Waals surface area contributed by atoms with Crippen molar-refractivity contribution in [3.8, 4) is 0 Å². The molecule has 7 heteroatoms. The lowest BCUT2D eigenvalue weighted by Crippen LogP contribution is -2.54. The normalized spacial score (nSPS) is 23.4. The molecule has 0 radical (unpaired) electrons. The summed E-state index contributed by atoms with van der Waals surface area (Å²) < 4.78 is 12.3. The molecular formula is C17H24BrClN2O3. The SMILES string of the molecule is Cl.NCC1(C(=O)N2CCOC(c3cccc(Br)c3)C2)CCOCC1. The number of hydrogen-bond acceptors (Lipinski definition) is 4. The molecule has 1 atom stereocenters. The summed E-state index contributed by atoms with van der Waals surface area (Å²) in [6, 6.07) is 8.06. The van der Waals surface area contributed by atoms with Crippen molar-refractivity contribution < 1.29 is 14.3 Å². The van der Waals surface area contributed by atoms with Gasteiger partial charge in [0, 0.05) is 30.8 Å². The quantitative estimate of drug-likeness (QED) is 0.818. The van der Waals surface area contributed by atoms with Crippen LogP contribution in [-0.4, -0.2) is 50.3 Å². The first kappa shape index (κ1) is 19.7. The van der Waals surface area contributed by atoms with Crippen LogP contribution in [-0.2, 0) is 14.3 Å². The molecule has 2 N–H and O–H groups in total. The second-order valence-electron chi connectivity index (χ2n) is 6.26. The first-order chi connectivity index (χ1) is 11.1. The summed E-state index contributed by atoms with van der Waals surface area (Å²) in [5, 5.41) is 0. The molecule has 2 saturated heterocycles. The molecule has 3 rings (SSSR count). The molecule has 0 aromatic heterocycles. The molecule has 2 aliphatic heterocycles. The second-order valence-corrected chi connectivity index (χ2v) is 7.18. The van der Waals surface area contributed by atoms with E-state index < -0.39 is 5.41 Å². The first-order valence-corrected chi connectivity index (χ1v) is 8.88. The predicted octanol–water partition coefficient (Wildman–Crippen LogP) is 2.53. The van der Waals surface area contributed by atoms with E-state index >= 15 is 0 Å². The van der Waals surface area contributed by atoms with Crippen molar-refractivity contribution in [1.29, 1.82) is 0 Å². The van der Waals surface area contributed by atoms with Crippen LogP contribution < -0.4 is 5.73 Å². The summed E-state index contributed by atoms with van der Waals surface area (Å²) >= 11 is 3.49. The number of carbonyl (C=O) groups is 1. The van der Waals surface area contributed by atoms with Gasteiger partial charge in [-0.05, 0) is 30.5 Å². The largest absolute Gasteiger partial charge is 0.381 e. The zero-order valence-electron chi connectivity index (χ0n) is 13.6. The van der Waals surface area contributed by atoms with Gasteiger partial charge in [-0.15, -0.1) is 12.4 Å². The van der Waals surface area contributed by atoms with Crippen molar-refractivity contribution in [3.05, 3.63) is 34.3 Å². The molecule has 1 aromatic carbocycles. The molecule has 2 heterocycles. The van der Waals surface area contributed by atoms with Crippen LogP contribution in [0.25, 0.3) is 0 Å². The van der Waals surface area contributed by atoms with Crippen molar-refractivity contribution in [2.45, 2.75) is 18.9 Å². The highest BCUT2D eigenvalue weighted by Crippen LogP contribution is 2.34. The highest BCUT2D eigenvalue weighted by atomic mass is 79.9. The minimum absolute atomic E-state index is 0. The van der Waals surface area contributed by atoms with E-state index in [1.807, 2.05) is 29.2 Å². The Morgan fingerprint density at radius 3 is 2.75 bits per heavy atom. The Kier molecular flexibility index (Phi) is 7.07. The van der Waals surface area contributed by atoms with Crippen molar-refractivity contribution in [1.82, 2.24) is 4.90 Å². The maximum atomic E-state index is 13.1. The number of benzene rings is 1. The molecule has 0 aliphatic carbocycles. The molecule has 0 saturated carbocycles. The summed E-state index contributed by atoms with van der Waals surface area (Å²) in [4.78, 5) is 15.0. The van der Waals surface area contributed by atoms with Gasteiger partial charge in [-0.3, -0.25) is 4.79 Å². The van der Waals surface area contributed by atoms with Gasteiger partial charge in [-0.2, -0.15) is 0 Å². The Morgan fingerprint density at radius 1 is 1.33 bits per heavy atom. The van der Waals surface area contributed by atoms with Crippen LogP contribution in [0.3, 0.4) is 0 Å². The zero-order chi connectivity index (χ0) is 16.3. The lowest BCUT2D eigenvalue weighted by molar-refractivity contribution is -0.154. The van der Waals surface area contributed by atoms with E-state index in [0.717, 1.165) is 10.0 Å². The highest BCUT2D eigenvalue weighted by molar-refractivity contribution is 9.10. The third-order valence-corrected chi connectivity index (χ3v) is 5.36. The number of halogens is 2. The van der Waals surface area contributed by atoms with E-state index in [-0.39, 0.29) is 24.4 Å². The fraction of sp³-hybridized carbons (Fsp3) is 0.588. The van der Waals surface area contributed by atoms with Crippen LogP contribution in [0.4, 0.5) is 0 Å². The van der Waals surface area contributed by atoms with Crippen molar-refractivity contribution >= 4 is 34.2 Å². The third kappa shape index (κ3) is 4.11. The first-order valence-electron chi connectivity index (χ1n) is 8.09. The zero-order valence-corrected chi connectivity index (χ0v) is 16.0. The molecule has 134 valence electrons. The van der Waals surface area contributed by atoms with E-state index in [1.54, 1.807) is 0 Å². The van der Waals surface area contributed by atoms with E-state index in [2.05, 4.69) is 15.9 Å². The number of amides is 1. The van der Waals surface area contributed by atoms with Gasteiger partial charge in [0.2, 0.25) is 5.91 Å². The lowest BCUT2D eigenvalue weighted by Gasteiger charge is -2.42. The van der Waals surface area contributed by atoms with Gasteiger partial charge in [0.05, 0.1) is 18.6 Å². The fourth-order valence-corrected chi connectivity index (χ4v) is 3.76. The fourth-order valence-electron chi connectivity index (χ4n) is 3.35. The standard InChI is InChI=1S/C17H23BrN2O3.ClH/c18-14-3-1-2-13(10-14)15-11-20(6-9-23-15)16(21)17(12-19)4-7-22-8-5-17;/h1-3,10,15H,4-9,11-12,19H2;1H. The maximum Gasteiger partial charge on any atom is 0.230 e. The van der Waals surface area contributed by atoms with Gasteiger partial charge in [0.15, 0.2) is 0 Å². The molecule has 0 spiro atoms. The minimum Gasteiger partial charge on any atom is -0.381 e. The van der Waals surface area contributed by atoms with Gasteiger partial charge in [-0.1, -0.05) is 28.1 Å². The third-order valence-electron chi connectivity index (χ3n) is 4.87. The number of nitrogens with two attached hydrogens (primary N) is 1. The Hall–Kier alpha value is -0.660. The van der Waals surface area contributed by atoms with E-state index in [4.69, 9.17) is 15.2 Å². The maximum absolute atomic E-state index is 13.1. The Morgan fingerprint density at radius 2 is 2.08 bits per heavy atom. The van der Waals surface area contributed by atoms with Crippen molar-refractivity contribution in [2.24, 2.45) is 11.1 Å². The monoisotopic (exact) mass is 418 g/mol. The predicted molar refractivity (Wildman–Crippen MR) is 98.2 cm³/mol. The summed E-state index contributed by atoms with van der Waals surface area (Å²) in [5.74, 6) is 0.159. The van der Waals surface area contributed by atoms with E-state index in [9.17, 15) is 4.79 Å². The number of rotatable bonds is 3. The van der Waals surface area contributed by atoms with Crippen LogP contribution in [0, 0.1) is 5.41 Å². The molecule has 1 unspecified atom stereocenters. The average Bonchev–Trinajstić information content (AvgIpc) is 2.62.